The summed E-state index contributed by atoms with van der Waals surface area (Å²) in [5, 5.41) is 0.578. The molecule has 1 aromatic heterocycles. The van der Waals surface area contributed by atoms with Gasteiger partial charge in [0.15, 0.2) is 9.84 Å². The molecular weight excluding hydrogens is 384 g/mol. The van der Waals surface area contributed by atoms with E-state index in [0.29, 0.717) is 5.58 Å². The summed E-state index contributed by atoms with van der Waals surface area (Å²) in [5.41, 5.74) is 4.58. The molecule has 0 amide bonds. The van der Waals surface area contributed by atoms with E-state index in [2.05, 4.69) is 26.0 Å². The molecular formula is C24H28O4S. The van der Waals surface area contributed by atoms with Crippen LogP contribution in [0.25, 0.3) is 11.0 Å². The lowest BCUT2D eigenvalue weighted by atomic mass is 9.95. The van der Waals surface area contributed by atoms with Gasteiger partial charge in [-0.2, -0.15) is 0 Å². The molecule has 3 rings (SSSR count). The third-order valence-corrected chi connectivity index (χ3v) is 7.41. The minimum Gasteiger partial charge on any atom is -0.422 e. The molecule has 0 bridgehead atoms. The van der Waals surface area contributed by atoms with Gasteiger partial charge < -0.3 is 4.42 Å². The first-order valence-electron chi connectivity index (χ1n) is 10.0. The summed E-state index contributed by atoms with van der Waals surface area (Å²) in [6.45, 7) is 7.61. The molecule has 29 heavy (non-hydrogen) atoms. The van der Waals surface area contributed by atoms with Crippen LogP contribution in [0.2, 0.25) is 0 Å². The van der Waals surface area contributed by atoms with E-state index in [1.54, 1.807) is 13.8 Å². The summed E-state index contributed by atoms with van der Waals surface area (Å²) in [5.74, 6) is 0.337. The Balaban J connectivity index is 1.77. The normalized spacial score (nSPS) is 12.2. The second-order valence-electron chi connectivity index (χ2n) is 8.18. The van der Waals surface area contributed by atoms with E-state index < -0.39 is 9.84 Å². The Hall–Kier alpha value is -2.40. The third-order valence-electron chi connectivity index (χ3n) is 5.24. The maximum atomic E-state index is 12.1. The van der Waals surface area contributed by atoms with Gasteiger partial charge in [-0.1, -0.05) is 44.2 Å². The van der Waals surface area contributed by atoms with Crippen molar-refractivity contribution in [1.29, 1.82) is 0 Å². The van der Waals surface area contributed by atoms with Gasteiger partial charge in [-0.25, -0.2) is 13.2 Å². The van der Waals surface area contributed by atoms with Crippen molar-refractivity contribution in [3.05, 3.63) is 81.2 Å². The number of hydrogen-bond donors (Lipinski definition) is 0. The lowest BCUT2D eigenvalue weighted by Gasteiger charge is -2.12. The maximum absolute atomic E-state index is 12.1. The molecule has 0 N–H and O–H groups in total. The van der Waals surface area contributed by atoms with Crippen molar-refractivity contribution >= 4 is 20.8 Å². The lowest BCUT2D eigenvalue weighted by molar-refractivity contribution is 0.554. The summed E-state index contributed by atoms with van der Waals surface area (Å²) in [4.78, 5) is 11.6. The molecule has 0 atom stereocenters. The zero-order valence-electron chi connectivity index (χ0n) is 17.4. The van der Waals surface area contributed by atoms with E-state index in [0.717, 1.165) is 29.4 Å². The minimum atomic E-state index is -3.09. The van der Waals surface area contributed by atoms with Crippen LogP contribution in [0.3, 0.4) is 0 Å². The number of aryl methyl sites for hydroxylation is 2. The highest BCUT2D eigenvalue weighted by atomic mass is 32.2. The van der Waals surface area contributed by atoms with E-state index in [1.807, 2.05) is 30.3 Å². The summed E-state index contributed by atoms with van der Waals surface area (Å²) < 4.78 is 29.6. The molecule has 0 saturated carbocycles. The SMILES string of the molecule is CC(C)c1cc(CCc2ccc(CS(=O)(=O)C(C)C)cc2)cc2ccc(=O)oc12. The maximum Gasteiger partial charge on any atom is 0.336 e. The number of rotatable bonds is 7. The number of fused-ring (bicyclic) bond motifs is 1. The third kappa shape index (κ3) is 5.15. The fourth-order valence-electron chi connectivity index (χ4n) is 3.34. The van der Waals surface area contributed by atoms with Gasteiger partial charge in [0.05, 0.1) is 11.0 Å². The fraction of sp³-hybridized carbons (Fsp3) is 0.375. The van der Waals surface area contributed by atoms with Gasteiger partial charge in [-0.05, 0) is 67.0 Å². The molecule has 4 nitrogen and oxygen atoms in total. The Morgan fingerprint density at radius 1 is 0.828 bits per heavy atom. The second-order valence-corrected chi connectivity index (χ2v) is 10.7. The fourth-order valence-corrected chi connectivity index (χ4v) is 4.33. The number of benzene rings is 2. The summed E-state index contributed by atoms with van der Waals surface area (Å²) in [6, 6.07) is 15.3. The summed E-state index contributed by atoms with van der Waals surface area (Å²) in [6.07, 6.45) is 1.72. The van der Waals surface area contributed by atoms with Crippen LogP contribution in [0.1, 0.15) is 55.9 Å². The molecule has 2 aromatic carbocycles. The average Bonchev–Trinajstić information content (AvgIpc) is 2.66. The standard InChI is InChI=1S/C24H28O4S/c1-16(2)22-14-20(13-21-11-12-23(25)28-24(21)22)10-7-18-5-8-19(9-6-18)15-29(26,27)17(3)4/h5-6,8-9,11-14,16-17H,7,10,15H2,1-4H3. The van der Waals surface area contributed by atoms with Crippen molar-refractivity contribution in [2.75, 3.05) is 0 Å². The topological polar surface area (TPSA) is 64.3 Å². The number of hydrogen-bond acceptors (Lipinski definition) is 4. The first-order chi connectivity index (χ1) is 13.7. The quantitative estimate of drug-likeness (QED) is 0.511. The predicted molar refractivity (Wildman–Crippen MR) is 118 cm³/mol. The molecule has 1 heterocycles. The molecule has 0 aliphatic carbocycles. The van der Waals surface area contributed by atoms with Crippen molar-refractivity contribution in [1.82, 2.24) is 0 Å². The average molecular weight is 413 g/mol. The van der Waals surface area contributed by atoms with Crippen molar-refractivity contribution in [2.45, 2.75) is 57.5 Å². The van der Waals surface area contributed by atoms with Crippen LogP contribution in [-0.2, 0) is 28.4 Å². The van der Waals surface area contributed by atoms with E-state index >= 15 is 0 Å². The van der Waals surface area contributed by atoms with E-state index in [9.17, 15) is 13.2 Å². The van der Waals surface area contributed by atoms with Gasteiger partial charge >= 0.3 is 5.63 Å². The molecule has 0 unspecified atom stereocenters. The molecule has 0 saturated heterocycles. The van der Waals surface area contributed by atoms with Crippen molar-refractivity contribution in [3.8, 4) is 0 Å². The molecule has 5 heteroatoms. The summed E-state index contributed by atoms with van der Waals surface area (Å²) >= 11 is 0. The highest BCUT2D eigenvalue weighted by Crippen LogP contribution is 2.27. The van der Waals surface area contributed by atoms with Crippen molar-refractivity contribution in [3.63, 3.8) is 0 Å². The monoisotopic (exact) mass is 412 g/mol. The molecule has 154 valence electrons. The molecule has 0 spiro atoms. The zero-order valence-corrected chi connectivity index (χ0v) is 18.3. The number of sulfone groups is 1. The second kappa shape index (κ2) is 8.54. The smallest absolute Gasteiger partial charge is 0.336 e. The summed E-state index contributed by atoms with van der Waals surface area (Å²) in [7, 11) is -3.09. The van der Waals surface area contributed by atoms with Crippen molar-refractivity contribution < 1.29 is 12.8 Å². The van der Waals surface area contributed by atoms with Gasteiger partial charge in [0.1, 0.15) is 5.58 Å². The lowest BCUT2D eigenvalue weighted by Crippen LogP contribution is -2.15. The molecule has 3 aromatic rings. The van der Waals surface area contributed by atoms with Gasteiger partial charge in [0.25, 0.3) is 0 Å². The minimum absolute atomic E-state index is 0.0819. The van der Waals surface area contributed by atoms with Crippen LogP contribution < -0.4 is 5.63 Å². The Morgan fingerprint density at radius 2 is 1.45 bits per heavy atom. The molecule has 0 aliphatic rings. The molecule has 0 radical (unpaired) electrons. The van der Waals surface area contributed by atoms with Gasteiger partial charge in [0.2, 0.25) is 0 Å². The Labute approximate surface area is 172 Å². The van der Waals surface area contributed by atoms with Crippen LogP contribution in [0, 0.1) is 0 Å². The highest BCUT2D eigenvalue weighted by molar-refractivity contribution is 7.91. The zero-order chi connectivity index (χ0) is 21.2. The Kier molecular flexibility index (Phi) is 6.27. The largest absolute Gasteiger partial charge is 0.422 e. The molecule has 0 aliphatic heterocycles. The Bertz CT molecular complexity index is 1150. The van der Waals surface area contributed by atoms with Crippen LogP contribution in [0.5, 0.6) is 0 Å². The van der Waals surface area contributed by atoms with Crippen molar-refractivity contribution in [2.24, 2.45) is 0 Å². The van der Waals surface area contributed by atoms with E-state index in [-0.39, 0.29) is 22.5 Å². The van der Waals surface area contributed by atoms with Crippen LogP contribution in [-0.4, -0.2) is 13.7 Å². The molecule has 0 fully saturated rings. The van der Waals surface area contributed by atoms with Crippen LogP contribution in [0.4, 0.5) is 0 Å². The van der Waals surface area contributed by atoms with E-state index in [4.69, 9.17) is 4.42 Å². The predicted octanol–water partition coefficient (Wildman–Crippen LogP) is 5.02. The first kappa shape index (κ1) is 21.3. The van der Waals surface area contributed by atoms with E-state index in [1.165, 1.54) is 17.2 Å². The first-order valence-corrected chi connectivity index (χ1v) is 11.7. The van der Waals surface area contributed by atoms with Crippen LogP contribution >= 0.6 is 0 Å². The van der Waals surface area contributed by atoms with Gasteiger partial charge in [0, 0.05) is 11.5 Å². The Morgan fingerprint density at radius 3 is 2.07 bits per heavy atom. The van der Waals surface area contributed by atoms with Crippen LogP contribution in [0.15, 0.2) is 57.7 Å². The van der Waals surface area contributed by atoms with Gasteiger partial charge in [-0.3, -0.25) is 0 Å². The highest BCUT2D eigenvalue weighted by Gasteiger charge is 2.16. The van der Waals surface area contributed by atoms with Gasteiger partial charge in [-0.15, -0.1) is 0 Å².